The van der Waals surface area contributed by atoms with Gasteiger partial charge in [-0.2, -0.15) is 0 Å². The predicted octanol–water partition coefficient (Wildman–Crippen LogP) is 3.03. The summed E-state index contributed by atoms with van der Waals surface area (Å²) >= 11 is 0. The smallest absolute Gasteiger partial charge is 0.269 e. The number of aromatic nitrogens is 4. The zero-order chi connectivity index (χ0) is 23.5. The van der Waals surface area contributed by atoms with Crippen LogP contribution in [0.15, 0.2) is 30.6 Å². The van der Waals surface area contributed by atoms with Crippen LogP contribution in [0.25, 0.3) is 10.9 Å². The van der Waals surface area contributed by atoms with Gasteiger partial charge in [0.15, 0.2) is 0 Å². The Kier molecular flexibility index (Phi) is 6.53. The fraction of sp³-hybridized carbons (Fsp3) is 0.480. The Morgan fingerprint density at radius 2 is 1.91 bits per heavy atom. The van der Waals surface area contributed by atoms with Crippen LogP contribution in [0.3, 0.4) is 0 Å². The highest BCUT2D eigenvalue weighted by molar-refractivity contribution is 5.91. The highest BCUT2D eigenvalue weighted by Gasteiger charge is 2.27. The molecule has 0 radical (unpaired) electrons. The van der Waals surface area contributed by atoms with Crippen LogP contribution < -0.4 is 15.0 Å². The highest BCUT2D eigenvalue weighted by atomic mass is 16.5. The van der Waals surface area contributed by atoms with E-state index in [0.717, 1.165) is 86.0 Å². The summed E-state index contributed by atoms with van der Waals surface area (Å²) in [5.41, 5.74) is 2.42. The van der Waals surface area contributed by atoms with Crippen molar-refractivity contribution in [1.29, 1.82) is 0 Å². The largest absolute Gasteiger partial charge is 0.490 e. The van der Waals surface area contributed by atoms with Crippen LogP contribution in [0, 0.1) is 6.92 Å². The van der Waals surface area contributed by atoms with Gasteiger partial charge in [0.1, 0.15) is 23.1 Å². The minimum absolute atomic E-state index is 0.0998. The van der Waals surface area contributed by atoms with E-state index in [4.69, 9.17) is 9.47 Å². The number of aryl methyl sites for hydroxylation is 1. The first kappa shape index (κ1) is 22.5. The average molecular weight is 463 g/mol. The van der Waals surface area contributed by atoms with Crippen molar-refractivity contribution in [2.75, 3.05) is 38.3 Å². The molecular formula is C25H30N6O3. The molecule has 34 heavy (non-hydrogen) atoms. The van der Waals surface area contributed by atoms with Gasteiger partial charge in [0.05, 0.1) is 30.2 Å². The molecule has 1 saturated heterocycles. The molecule has 3 heterocycles. The molecule has 0 atom stereocenters. The van der Waals surface area contributed by atoms with Crippen molar-refractivity contribution in [1.82, 2.24) is 25.3 Å². The third-order valence-corrected chi connectivity index (χ3v) is 6.61. The number of fused-ring (bicyclic) bond motifs is 1. The predicted molar refractivity (Wildman–Crippen MR) is 128 cm³/mol. The Morgan fingerprint density at radius 1 is 1.12 bits per heavy atom. The molecule has 2 aromatic heterocycles. The Bertz CT molecular complexity index is 1170. The molecule has 1 aliphatic heterocycles. The van der Waals surface area contributed by atoms with Crippen LogP contribution in [-0.2, 0) is 4.74 Å². The summed E-state index contributed by atoms with van der Waals surface area (Å²) < 4.78 is 12.1. The second-order valence-electron chi connectivity index (χ2n) is 8.86. The molecule has 9 nitrogen and oxygen atoms in total. The van der Waals surface area contributed by atoms with Crippen molar-refractivity contribution in [3.05, 3.63) is 47.9 Å². The molecule has 1 amide bonds. The lowest BCUT2D eigenvalue weighted by Crippen LogP contribution is -2.36. The number of carbonyl (C=O) groups is 1. The molecule has 5 rings (SSSR count). The van der Waals surface area contributed by atoms with Crippen molar-refractivity contribution < 1.29 is 14.3 Å². The number of carbonyl (C=O) groups excluding carboxylic acids is 1. The van der Waals surface area contributed by atoms with Gasteiger partial charge >= 0.3 is 0 Å². The van der Waals surface area contributed by atoms with E-state index in [1.165, 1.54) is 0 Å². The van der Waals surface area contributed by atoms with Crippen LogP contribution in [0.5, 0.6) is 5.75 Å². The third-order valence-electron chi connectivity index (χ3n) is 6.61. The first-order valence-electron chi connectivity index (χ1n) is 11.9. The lowest BCUT2D eigenvalue weighted by atomic mass is 9.86. The van der Waals surface area contributed by atoms with E-state index in [0.29, 0.717) is 5.69 Å². The van der Waals surface area contributed by atoms with Crippen LogP contribution >= 0.6 is 0 Å². The first-order chi connectivity index (χ1) is 16.6. The Labute approximate surface area is 198 Å². The zero-order valence-electron chi connectivity index (χ0n) is 19.7. The van der Waals surface area contributed by atoms with Gasteiger partial charge < -0.3 is 19.7 Å². The molecule has 1 aromatic carbocycles. The molecule has 9 heteroatoms. The summed E-state index contributed by atoms with van der Waals surface area (Å²) in [5, 5.41) is 3.56. The number of ether oxygens (including phenoxy) is 2. The maximum Gasteiger partial charge on any atom is 0.269 e. The Hall–Kier alpha value is -3.33. The lowest BCUT2D eigenvalue weighted by molar-refractivity contribution is 0.0957. The third kappa shape index (κ3) is 4.79. The van der Waals surface area contributed by atoms with E-state index in [1.54, 1.807) is 19.3 Å². The Morgan fingerprint density at radius 3 is 2.68 bits per heavy atom. The van der Waals surface area contributed by atoms with Crippen LogP contribution in [0.1, 0.15) is 53.7 Å². The first-order valence-corrected chi connectivity index (χ1v) is 11.9. The number of hydrogen-bond acceptors (Lipinski definition) is 8. The number of amides is 1. The van der Waals surface area contributed by atoms with Crippen LogP contribution in [0.2, 0.25) is 0 Å². The normalized spacial score (nSPS) is 20.8. The molecule has 3 aromatic rings. The molecule has 178 valence electrons. The van der Waals surface area contributed by atoms with Gasteiger partial charge in [-0.05, 0) is 44.7 Å². The minimum atomic E-state index is -0.190. The summed E-state index contributed by atoms with van der Waals surface area (Å²) in [4.78, 5) is 32.3. The standard InChI is InChI=1S/C25H30N6O3/c1-16-28-15-20-22(29-16)13-18(31-9-11-33-12-10-31)14-23(20)34-19-5-3-17(4-6-19)24-27-8-7-21(30-24)25(32)26-2/h7-8,13-15,17,19H,3-6,9-12H2,1-2H3,(H,26,32). The number of morpholine rings is 1. The minimum Gasteiger partial charge on any atom is -0.490 e. The van der Waals surface area contributed by atoms with E-state index in [1.807, 2.05) is 13.1 Å². The molecule has 1 aliphatic carbocycles. The number of benzene rings is 1. The van der Waals surface area contributed by atoms with Gasteiger partial charge in [-0.15, -0.1) is 0 Å². The molecule has 0 unspecified atom stereocenters. The van der Waals surface area contributed by atoms with Crippen LogP contribution in [-0.4, -0.2) is 65.3 Å². The quantitative estimate of drug-likeness (QED) is 0.617. The number of nitrogens with zero attached hydrogens (tertiary/aromatic N) is 5. The van der Waals surface area contributed by atoms with Gasteiger partial charge in [-0.25, -0.2) is 19.9 Å². The summed E-state index contributed by atoms with van der Waals surface area (Å²) in [6.45, 7) is 5.07. The number of rotatable bonds is 5. The van der Waals surface area contributed by atoms with E-state index in [2.05, 4.69) is 42.3 Å². The second kappa shape index (κ2) is 9.89. The van der Waals surface area contributed by atoms with Gasteiger partial charge in [0, 0.05) is 50.2 Å². The van der Waals surface area contributed by atoms with Crippen molar-refractivity contribution in [2.24, 2.45) is 0 Å². The monoisotopic (exact) mass is 462 g/mol. The van der Waals surface area contributed by atoms with Gasteiger partial charge in [0.25, 0.3) is 5.91 Å². The molecular weight excluding hydrogens is 432 g/mol. The molecule has 0 bridgehead atoms. The van der Waals surface area contributed by atoms with E-state index in [-0.39, 0.29) is 17.9 Å². The molecule has 2 fully saturated rings. The molecule has 0 spiro atoms. The van der Waals surface area contributed by atoms with Gasteiger partial charge in [0.2, 0.25) is 0 Å². The second-order valence-corrected chi connectivity index (χ2v) is 8.86. The highest BCUT2D eigenvalue weighted by Crippen LogP contribution is 2.36. The van der Waals surface area contributed by atoms with Crippen molar-refractivity contribution in [3.8, 4) is 5.75 Å². The van der Waals surface area contributed by atoms with Gasteiger partial charge in [-0.1, -0.05) is 0 Å². The SMILES string of the molecule is CNC(=O)c1ccnc(C2CCC(Oc3cc(N4CCOCC4)cc4nc(C)ncc34)CC2)n1. The van der Waals surface area contributed by atoms with E-state index < -0.39 is 0 Å². The average Bonchev–Trinajstić information content (AvgIpc) is 2.89. The molecule has 2 aliphatic rings. The topological polar surface area (TPSA) is 102 Å². The summed E-state index contributed by atoms with van der Waals surface area (Å²) in [5.74, 6) is 2.36. The van der Waals surface area contributed by atoms with E-state index in [9.17, 15) is 4.79 Å². The van der Waals surface area contributed by atoms with Gasteiger partial charge in [-0.3, -0.25) is 4.79 Å². The summed E-state index contributed by atoms with van der Waals surface area (Å²) in [6.07, 6.45) is 7.25. The zero-order valence-corrected chi connectivity index (χ0v) is 19.7. The lowest BCUT2D eigenvalue weighted by Gasteiger charge is -2.31. The van der Waals surface area contributed by atoms with Crippen molar-refractivity contribution in [2.45, 2.75) is 44.6 Å². The summed E-state index contributed by atoms with van der Waals surface area (Å²) in [6, 6.07) is 5.89. The number of anilines is 1. The maximum absolute atomic E-state index is 11.9. The number of nitrogens with one attached hydrogen (secondary N) is 1. The van der Waals surface area contributed by atoms with Crippen molar-refractivity contribution in [3.63, 3.8) is 0 Å². The fourth-order valence-corrected chi connectivity index (χ4v) is 4.73. The Balaban J connectivity index is 1.32. The molecule has 1 N–H and O–H groups in total. The van der Waals surface area contributed by atoms with E-state index >= 15 is 0 Å². The fourth-order valence-electron chi connectivity index (χ4n) is 4.73. The van der Waals surface area contributed by atoms with Crippen molar-refractivity contribution >= 4 is 22.5 Å². The van der Waals surface area contributed by atoms with Crippen LogP contribution in [0.4, 0.5) is 5.69 Å². The maximum atomic E-state index is 11.9. The molecule has 1 saturated carbocycles. The number of hydrogen-bond donors (Lipinski definition) is 1. The summed E-state index contributed by atoms with van der Waals surface area (Å²) in [7, 11) is 1.61.